The first kappa shape index (κ1) is 23.6. The molecule has 1 saturated heterocycles. The number of para-hydroxylation sites is 1. The first-order valence-electron chi connectivity index (χ1n) is 10.9. The maximum absolute atomic E-state index is 13.2. The highest BCUT2D eigenvalue weighted by atomic mass is 35.5. The molecule has 1 amide bonds. The van der Waals surface area contributed by atoms with Gasteiger partial charge < -0.3 is 14.2 Å². The van der Waals surface area contributed by atoms with Crippen LogP contribution in [0.5, 0.6) is 5.75 Å². The van der Waals surface area contributed by atoms with E-state index >= 15 is 0 Å². The van der Waals surface area contributed by atoms with Crippen molar-refractivity contribution in [3.05, 3.63) is 80.2 Å². The highest BCUT2D eigenvalue weighted by Crippen LogP contribution is 2.27. The quantitative estimate of drug-likeness (QED) is 0.462. The van der Waals surface area contributed by atoms with E-state index < -0.39 is 0 Å². The second-order valence-corrected chi connectivity index (χ2v) is 9.16. The molecule has 0 N–H and O–H groups in total. The van der Waals surface area contributed by atoms with Crippen LogP contribution in [0, 0.1) is 20.8 Å². The van der Waals surface area contributed by atoms with Crippen LogP contribution < -0.4 is 4.74 Å². The molecule has 8 heteroatoms. The molecule has 6 nitrogen and oxygen atoms in total. The Morgan fingerprint density at radius 3 is 2.21 bits per heavy atom. The first-order valence-corrected chi connectivity index (χ1v) is 11.7. The Morgan fingerprint density at radius 1 is 0.970 bits per heavy atom. The lowest BCUT2D eigenvalue weighted by Gasteiger charge is -2.34. The molecule has 0 atom stereocenters. The summed E-state index contributed by atoms with van der Waals surface area (Å²) in [5, 5.41) is 5.38. The third-order valence-electron chi connectivity index (χ3n) is 6.06. The number of piperazine rings is 1. The topological polar surface area (TPSA) is 58.8 Å². The van der Waals surface area contributed by atoms with Crippen molar-refractivity contribution >= 4 is 29.1 Å². The van der Waals surface area contributed by atoms with Gasteiger partial charge in [-0.2, -0.15) is 0 Å². The number of carbonyl (C=O) groups is 1. The van der Waals surface area contributed by atoms with E-state index in [9.17, 15) is 4.79 Å². The monoisotopic (exact) mass is 487 g/mol. The van der Waals surface area contributed by atoms with Gasteiger partial charge in [-0.15, -0.1) is 0 Å². The molecule has 174 valence electrons. The molecule has 4 rings (SSSR count). The molecule has 0 saturated carbocycles. The molecule has 1 aromatic heterocycles. The summed E-state index contributed by atoms with van der Waals surface area (Å²) in [7, 11) is 0. The van der Waals surface area contributed by atoms with Gasteiger partial charge in [0.15, 0.2) is 5.69 Å². The number of aromatic nitrogens is 1. The van der Waals surface area contributed by atoms with Crippen LogP contribution in [0.25, 0.3) is 0 Å². The Labute approximate surface area is 204 Å². The molecule has 0 spiro atoms. The fraction of sp³-hybridized carbons (Fsp3) is 0.360. The van der Waals surface area contributed by atoms with Crippen molar-refractivity contribution in [1.29, 1.82) is 0 Å². The van der Waals surface area contributed by atoms with Crippen LogP contribution in [0.15, 0.2) is 40.9 Å². The summed E-state index contributed by atoms with van der Waals surface area (Å²) >= 11 is 12.6. The standard InChI is InChI=1S/C25H27Cl2N3O3/c1-16-6-4-7-17(2)24(16)32-15-20-18(3)33-28-23(20)25(31)30-12-10-29(11-13-30)14-19-21(26)8-5-9-22(19)27/h4-9H,10-15H2,1-3H3. The number of amides is 1. The van der Waals surface area contributed by atoms with Crippen LogP contribution in [-0.4, -0.2) is 47.0 Å². The summed E-state index contributed by atoms with van der Waals surface area (Å²) in [5.74, 6) is 1.28. The summed E-state index contributed by atoms with van der Waals surface area (Å²) < 4.78 is 11.4. The van der Waals surface area contributed by atoms with E-state index in [1.807, 2.05) is 55.1 Å². The van der Waals surface area contributed by atoms with Gasteiger partial charge in [-0.3, -0.25) is 9.69 Å². The molecule has 0 radical (unpaired) electrons. The number of benzene rings is 2. The lowest BCUT2D eigenvalue weighted by Crippen LogP contribution is -2.48. The summed E-state index contributed by atoms with van der Waals surface area (Å²) in [6.45, 7) is 9.31. The van der Waals surface area contributed by atoms with Gasteiger partial charge >= 0.3 is 0 Å². The summed E-state index contributed by atoms with van der Waals surface area (Å²) in [4.78, 5) is 17.3. The van der Waals surface area contributed by atoms with Gasteiger partial charge in [-0.05, 0) is 44.0 Å². The third-order valence-corrected chi connectivity index (χ3v) is 6.77. The van der Waals surface area contributed by atoms with Crippen molar-refractivity contribution < 1.29 is 14.1 Å². The molecule has 0 unspecified atom stereocenters. The molecule has 1 aliphatic heterocycles. The maximum atomic E-state index is 13.2. The van der Waals surface area contributed by atoms with Crippen molar-refractivity contribution in [3.63, 3.8) is 0 Å². The number of halogens is 2. The number of hydrogen-bond donors (Lipinski definition) is 0. The van der Waals surface area contributed by atoms with Crippen LogP contribution in [0.3, 0.4) is 0 Å². The fourth-order valence-corrected chi connectivity index (χ4v) is 4.58. The second-order valence-electron chi connectivity index (χ2n) is 8.34. The first-order chi connectivity index (χ1) is 15.8. The summed E-state index contributed by atoms with van der Waals surface area (Å²) in [6, 6.07) is 11.5. The predicted octanol–water partition coefficient (Wildman–Crippen LogP) is 5.44. The fourth-order valence-electron chi connectivity index (χ4n) is 4.07. The Bertz CT molecular complexity index is 1110. The molecule has 1 fully saturated rings. The van der Waals surface area contributed by atoms with Gasteiger partial charge in [0.05, 0.1) is 5.56 Å². The van der Waals surface area contributed by atoms with E-state index in [1.54, 1.807) is 6.92 Å². The highest BCUT2D eigenvalue weighted by Gasteiger charge is 2.28. The van der Waals surface area contributed by atoms with E-state index in [-0.39, 0.29) is 12.5 Å². The Morgan fingerprint density at radius 2 is 1.58 bits per heavy atom. The summed E-state index contributed by atoms with van der Waals surface area (Å²) in [6.07, 6.45) is 0. The van der Waals surface area contributed by atoms with Gasteiger partial charge in [0.25, 0.3) is 5.91 Å². The lowest BCUT2D eigenvalue weighted by molar-refractivity contribution is 0.0616. The number of aryl methyl sites for hydroxylation is 3. The average molecular weight is 488 g/mol. The minimum atomic E-state index is -0.137. The van der Waals surface area contributed by atoms with Crippen LogP contribution >= 0.6 is 23.2 Å². The molecule has 33 heavy (non-hydrogen) atoms. The number of nitrogens with zero attached hydrogens (tertiary/aromatic N) is 3. The molecule has 0 aliphatic carbocycles. The maximum Gasteiger partial charge on any atom is 0.276 e. The zero-order chi connectivity index (χ0) is 23.5. The van der Waals surface area contributed by atoms with E-state index in [4.69, 9.17) is 32.5 Å². The number of hydrogen-bond acceptors (Lipinski definition) is 5. The molecular formula is C25H27Cl2N3O3. The molecule has 3 aromatic rings. The molecule has 1 aliphatic rings. The predicted molar refractivity (Wildman–Crippen MR) is 129 cm³/mol. The van der Waals surface area contributed by atoms with Crippen molar-refractivity contribution in [2.45, 2.75) is 33.9 Å². The van der Waals surface area contributed by atoms with E-state index in [1.165, 1.54) is 0 Å². The Kier molecular flexibility index (Phi) is 7.27. The lowest BCUT2D eigenvalue weighted by atomic mass is 10.1. The van der Waals surface area contributed by atoms with Crippen molar-refractivity contribution in [3.8, 4) is 5.75 Å². The number of rotatable bonds is 6. The highest BCUT2D eigenvalue weighted by molar-refractivity contribution is 6.35. The Balaban J connectivity index is 1.40. The van der Waals surface area contributed by atoms with Crippen molar-refractivity contribution in [2.75, 3.05) is 26.2 Å². The molecule has 2 aromatic carbocycles. The minimum absolute atomic E-state index is 0.137. The summed E-state index contributed by atoms with van der Waals surface area (Å²) in [5.41, 5.74) is 4.02. The zero-order valence-corrected chi connectivity index (χ0v) is 20.5. The van der Waals surface area contributed by atoms with E-state index in [2.05, 4.69) is 10.1 Å². The smallest absolute Gasteiger partial charge is 0.276 e. The minimum Gasteiger partial charge on any atom is -0.488 e. The normalized spacial score (nSPS) is 14.5. The largest absolute Gasteiger partial charge is 0.488 e. The van der Waals surface area contributed by atoms with E-state index in [0.29, 0.717) is 46.7 Å². The van der Waals surface area contributed by atoms with Crippen LogP contribution in [0.2, 0.25) is 10.0 Å². The van der Waals surface area contributed by atoms with Gasteiger partial charge in [0.2, 0.25) is 0 Å². The molecular weight excluding hydrogens is 461 g/mol. The van der Waals surface area contributed by atoms with Gasteiger partial charge in [-0.25, -0.2) is 0 Å². The van der Waals surface area contributed by atoms with Crippen LogP contribution in [0.1, 0.15) is 38.5 Å². The number of carbonyl (C=O) groups excluding carboxylic acids is 1. The SMILES string of the molecule is Cc1cccc(C)c1OCc1c(C(=O)N2CCN(Cc3c(Cl)cccc3Cl)CC2)noc1C. The van der Waals surface area contributed by atoms with Crippen LogP contribution in [0.4, 0.5) is 0 Å². The molecule has 0 bridgehead atoms. The van der Waals surface area contributed by atoms with Crippen molar-refractivity contribution in [2.24, 2.45) is 0 Å². The van der Waals surface area contributed by atoms with Crippen molar-refractivity contribution in [1.82, 2.24) is 15.0 Å². The molecule has 2 heterocycles. The van der Waals surface area contributed by atoms with Crippen LogP contribution in [-0.2, 0) is 13.2 Å². The third kappa shape index (κ3) is 5.18. The second kappa shape index (κ2) is 10.2. The average Bonchev–Trinajstić information content (AvgIpc) is 3.16. The van der Waals surface area contributed by atoms with Gasteiger partial charge in [0, 0.05) is 48.3 Å². The number of ether oxygens (including phenoxy) is 1. The zero-order valence-electron chi connectivity index (χ0n) is 19.0. The van der Waals surface area contributed by atoms with Gasteiger partial charge in [0.1, 0.15) is 18.1 Å². The van der Waals surface area contributed by atoms with E-state index in [0.717, 1.165) is 35.5 Å². The Hall–Kier alpha value is -2.54. The van der Waals surface area contributed by atoms with Gasteiger partial charge in [-0.1, -0.05) is 52.6 Å².